The van der Waals surface area contributed by atoms with Gasteiger partial charge in [0.25, 0.3) is 17.7 Å². The predicted octanol–water partition coefficient (Wildman–Crippen LogP) is 0.434. The van der Waals surface area contributed by atoms with E-state index in [0.717, 1.165) is 4.90 Å². The molecule has 2 atom stereocenters. The van der Waals surface area contributed by atoms with Gasteiger partial charge in [-0.2, -0.15) is 0 Å². The lowest BCUT2D eigenvalue weighted by Gasteiger charge is -2.22. The Bertz CT molecular complexity index is 790. The molecule has 0 aromatic heterocycles. The van der Waals surface area contributed by atoms with E-state index in [4.69, 9.17) is 0 Å². The molecule has 4 amide bonds. The zero-order valence-corrected chi connectivity index (χ0v) is 17.1. The Morgan fingerprint density at radius 1 is 1.07 bits per heavy atom. The maximum absolute atomic E-state index is 12.3. The van der Waals surface area contributed by atoms with Crippen molar-refractivity contribution >= 4 is 45.5 Å². The molecular formula is C18H20BrN3O6. The quantitative estimate of drug-likeness (QED) is 0.267. The SMILES string of the molecule is COC(=O)C(NC(=O)C(Br)NC(=O)CN1C(=O)c2ccccc2C1=O)C(C)C. The van der Waals surface area contributed by atoms with Crippen molar-refractivity contribution in [1.82, 2.24) is 15.5 Å². The number of halogens is 1. The van der Waals surface area contributed by atoms with Gasteiger partial charge < -0.3 is 15.4 Å². The number of benzene rings is 1. The molecule has 2 rings (SSSR count). The highest BCUT2D eigenvalue weighted by atomic mass is 79.9. The Balaban J connectivity index is 1.96. The lowest BCUT2D eigenvalue weighted by molar-refractivity contribution is -0.146. The number of carbonyl (C=O) groups is 5. The molecule has 0 saturated carbocycles. The maximum atomic E-state index is 12.3. The van der Waals surface area contributed by atoms with Crippen LogP contribution in [0.25, 0.3) is 0 Å². The summed E-state index contributed by atoms with van der Waals surface area (Å²) in [5.41, 5.74) is 0.456. The van der Waals surface area contributed by atoms with E-state index in [9.17, 15) is 24.0 Å². The zero-order chi connectivity index (χ0) is 21.0. The second-order valence-electron chi connectivity index (χ2n) is 6.43. The van der Waals surface area contributed by atoms with Crippen LogP contribution in [-0.4, -0.2) is 59.1 Å². The van der Waals surface area contributed by atoms with E-state index in [-0.39, 0.29) is 17.0 Å². The van der Waals surface area contributed by atoms with Crippen molar-refractivity contribution in [3.63, 3.8) is 0 Å². The summed E-state index contributed by atoms with van der Waals surface area (Å²) in [7, 11) is 1.21. The second-order valence-corrected chi connectivity index (χ2v) is 7.34. The monoisotopic (exact) mass is 453 g/mol. The first-order valence-electron chi connectivity index (χ1n) is 8.44. The smallest absolute Gasteiger partial charge is 0.328 e. The molecule has 0 bridgehead atoms. The fraction of sp³-hybridized carbons (Fsp3) is 0.389. The average Bonchev–Trinajstić information content (AvgIpc) is 2.90. The molecule has 28 heavy (non-hydrogen) atoms. The number of hydrogen-bond donors (Lipinski definition) is 2. The Kier molecular flexibility index (Phi) is 6.90. The number of alkyl halides is 1. The number of hydrogen-bond acceptors (Lipinski definition) is 6. The van der Waals surface area contributed by atoms with Gasteiger partial charge in [0, 0.05) is 0 Å². The molecule has 0 aliphatic carbocycles. The summed E-state index contributed by atoms with van der Waals surface area (Å²) in [6.07, 6.45) is 0. The van der Waals surface area contributed by atoms with Gasteiger partial charge >= 0.3 is 5.97 Å². The van der Waals surface area contributed by atoms with Gasteiger partial charge in [0.1, 0.15) is 12.6 Å². The third-order valence-corrected chi connectivity index (χ3v) is 4.76. The first kappa shape index (κ1) is 21.5. The molecule has 1 aromatic rings. The van der Waals surface area contributed by atoms with Crippen LogP contribution < -0.4 is 10.6 Å². The van der Waals surface area contributed by atoms with Crippen LogP contribution in [0.1, 0.15) is 34.6 Å². The molecule has 1 aromatic carbocycles. The van der Waals surface area contributed by atoms with E-state index in [2.05, 4.69) is 31.3 Å². The topological polar surface area (TPSA) is 122 Å². The van der Waals surface area contributed by atoms with Crippen LogP contribution in [0.5, 0.6) is 0 Å². The first-order chi connectivity index (χ1) is 13.2. The number of methoxy groups -OCH3 is 1. The van der Waals surface area contributed by atoms with Crippen molar-refractivity contribution < 1.29 is 28.7 Å². The third-order valence-electron chi connectivity index (χ3n) is 4.12. The third kappa shape index (κ3) is 4.56. The minimum atomic E-state index is -1.17. The zero-order valence-electron chi connectivity index (χ0n) is 15.5. The van der Waals surface area contributed by atoms with E-state index in [1.165, 1.54) is 19.2 Å². The molecule has 2 N–H and O–H groups in total. The van der Waals surface area contributed by atoms with Crippen molar-refractivity contribution in [2.75, 3.05) is 13.7 Å². The van der Waals surface area contributed by atoms with Crippen LogP contribution in [0.3, 0.4) is 0 Å². The first-order valence-corrected chi connectivity index (χ1v) is 9.35. The van der Waals surface area contributed by atoms with Crippen LogP contribution in [-0.2, 0) is 19.1 Å². The molecule has 150 valence electrons. The van der Waals surface area contributed by atoms with Gasteiger partial charge in [0.2, 0.25) is 5.91 Å². The highest BCUT2D eigenvalue weighted by Crippen LogP contribution is 2.21. The molecule has 1 aliphatic rings. The Morgan fingerprint density at radius 3 is 2.07 bits per heavy atom. The Hall–Kier alpha value is -2.75. The number of esters is 1. The Morgan fingerprint density at radius 2 is 1.61 bits per heavy atom. The fourth-order valence-corrected chi connectivity index (χ4v) is 3.02. The fourth-order valence-electron chi connectivity index (χ4n) is 2.63. The number of imide groups is 1. The van der Waals surface area contributed by atoms with Crippen LogP contribution in [0.2, 0.25) is 0 Å². The molecule has 0 spiro atoms. The van der Waals surface area contributed by atoms with E-state index in [1.807, 2.05) is 0 Å². The predicted molar refractivity (Wildman–Crippen MR) is 101 cm³/mol. The molecular weight excluding hydrogens is 434 g/mol. The van der Waals surface area contributed by atoms with E-state index in [0.29, 0.717) is 0 Å². The van der Waals surface area contributed by atoms with Crippen molar-refractivity contribution in [2.24, 2.45) is 5.92 Å². The average molecular weight is 454 g/mol. The summed E-state index contributed by atoms with van der Waals surface area (Å²) >= 11 is 3.02. The van der Waals surface area contributed by atoms with Crippen LogP contribution in [0, 0.1) is 5.92 Å². The van der Waals surface area contributed by atoms with E-state index in [1.54, 1.807) is 26.0 Å². The van der Waals surface area contributed by atoms with Crippen LogP contribution >= 0.6 is 15.9 Å². The number of nitrogens with one attached hydrogen (secondary N) is 2. The van der Waals surface area contributed by atoms with E-state index < -0.39 is 47.1 Å². The molecule has 0 fully saturated rings. The van der Waals surface area contributed by atoms with Gasteiger partial charge in [-0.25, -0.2) is 4.79 Å². The Labute approximate surface area is 169 Å². The van der Waals surface area contributed by atoms with Gasteiger partial charge in [-0.1, -0.05) is 41.9 Å². The van der Waals surface area contributed by atoms with Gasteiger partial charge in [-0.3, -0.25) is 24.1 Å². The van der Waals surface area contributed by atoms with Crippen molar-refractivity contribution in [1.29, 1.82) is 0 Å². The number of ether oxygens (including phenoxy) is 1. The molecule has 1 aliphatic heterocycles. The number of carbonyl (C=O) groups excluding carboxylic acids is 5. The number of nitrogens with zero attached hydrogens (tertiary/aromatic N) is 1. The molecule has 1 heterocycles. The summed E-state index contributed by atoms with van der Waals surface area (Å²) in [4.78, 5) is 60.3. The second kappa shape index (κ2) is 8.96. The van der Waals surface area contributed by atoms with Gasteiger partial charge in [-0.05, 0) is 18.1 Å². The minimum Gasteiger partial charge on any atom is -0.467 e. The normalized spacial score (nSPS) is 15.1. The molecule has 0 radical (unpaired) electrons. The standard InChI is InChI=1S/C18H20BrN3O6/c1-9(2)13(18(27)28-3)21-15(24)14(19)20-12(23)8-22-16(25)10-6-4-5-7-11(10)17(22)26/h4-7,9,13-14H,8H2,1-3H3,(H,20,23)(H,21,24). The summed E-state index contributed by atoms with van der Waals surface area (Å²) in [5, 5.41) is 4.82. The van der Waals surface area contributed by atoms with Crippen LogP contribution in [0.4, 0.5) is 0 Å². The minimum absolute atomic E-state index is 0.228. The lowest BCUT2D eigenvalue weighted by atomic mass is 10.0. The van der Waals surface area contributed by atoms with Crippen molar-refractivity contribution in [2.45, 2.75) is 24.8 Å². The number of fused-ring (bicyclic) bond motifs is 1. The molecule has 2 unspecified atom stereocenters. The van der Waals surface area contributed by atoms with Gasteiger partial charge in [0.05, 0.1) is 18.2 Å². The molecule has 9 nitrogen and oxygen atoms in total. The van der Waals surface area contributed by atoms with Crippen molar-refractivity contribution in [3.05, 3.63) is 35.4 Å². The molecule has 0 saturated heterocycles. The lowest BCUT2D eigenvalue weighted by Crippen LogP contribution is -2.52. The van der Waals surface area contributed by atoms with Gasteiger partial charge in [0.15, 0.2) is 4.95 Å². The number of rotatable bonds is 7. The summed E-state index contributed by atoms with van der Waals surface area (Å²) in [5.74, 6) is -3.37. The highest BCUT2D eigenvalue weighted by Gasteiger charge is 2.37. The van der Waals surface area contributed by atoms with Crippen LogP contribution in [0.15, 0.2) is 24.3 Å². The summed E-state index contributed by atoms with van der Waals surface area (Å²) in [6.45, 7) is 2.92. The van der Waals surface area contributed by atoms with Gasteiger partial charge in [-0.15, -0.1) is 0 Å². The van der Waals surface area contributed by atoms with E-state index >= 15 is 0 Å². The number of amides is 4. The summed E-state index contributed by atoms with van der Waals surface area (Å²) in [6, 6.07) is 5.38. The summed E-state index contributed by atoms with van der Waals surface area (Å²) < 4.78 is 4.64. The largest absolute Gasteiger partial charge is 0.467 e. The highest BCUT2D eigenvalue weighted by molar-refractivity contribution is 9.10. The molecule has 10 heteroatoms. The van der Waals surface area contributed by atoms with Crippen molar-refractivity contribution in [3.8, 4) is 0 Å². The maximum Gasteiger partial charge on any atom is 0.328 e.